The fourth-order valence-corrected chi connectivity index (χ4v) is 10.1. The highest BCUT2D eigenvalue weighted by Gasteiger charge is 2.53. The molecule has 0 aromatic rings. The number of aliphatic hydroxyl groups excluding tert-OH is 2. The number of rotatable bonds is 6. The fourth-order valence-electron chi connectivity index (χ4n) is 10.1. The van der Waals surface area contributed by atoms with E-state index in [2.05, 4.69) is 0 Å². The summed E-state index contributed by atoms with van der Waals surface area (Å²) in [5, 5.41) is 33.8. The quantitative estimate of drug-likeness (QED) is 0.156. The minimum absolute atomic E-state index is 0.0193. The predicted octanol–water partition coefficient (Wildman–Crippen LogP) is 6.18. The number of nitrogens with zero attached hydrogens (tertiary/aromatic N) is 1. The van der Waals surface area contributed by atoms with Gasteiger partial charge in [0, 0.05) is 58.5 Å². The largest absolute Gasteiger partial charge is 0.460 e. The summed E-state index contributed by atoms with van der Waals surface area (Å²) in [6, 6.07) is -1.14. The number of aliphatic hydroxyl groups is 3. The molecule has 1 unspecified atom stereocenters. The Morgan fingerprint density at radius 2 is 1.57 bits per heavy atom. The van der Waals surface area contributed by atoms with E-state index in [9.17, 15) is 39.3 Å². The van der Waals surface area contributed by atoms with Crippen molar-refractivity contribution in [3.8, 4) is 0 Å². The Balaban J connectivity index is 1.70. The first-order chi connectivity index (χ1) is 30.7. The summed E-state index contributed by atoms with van der Waals surface area (Å²) in [6.45, 7) is 12.7. The molecule has 3 fully saturated rings. The average Bonchev–Trinajstić information content (AvgIpc) is 3.28. The van der Waals surface area contributed by atoms with Crippen molar-refractivity contribution in [1.29, 1.82) is 0 Å². The van der Waals surface area contributed by atoms with Gasteiger partial charge in [-0.25, -0.2) is 4.79 Å². The average molecular weight is 914 g/mol. The maximum atomic E-state index is 14.4. The molecule has 65 heavy (non-hydrogen) atoms. The van der Waals surface area contributed by atoms with Gasteiger partial charge in [0.25, 0.3) is 11.7 Å². The zero-order chi connectivity index (χ0) is 48.2. The van der Waals surface area contributed by atoms with Crippen molar-refractivity contribution in [2.45, 2.75) is 180 Å². The number of Topliss-reactive ketones (excluding diaryl/α,β-unsaturated/α-hetero) is 3. The van der Waals surface area contributed by atoms with Gasteiger partial charge >= 0.3 is 5.97 Å². The third-order valence-corrected chi connectivity index (χ3v) is 14.5. The van der Waals surface area contributed by atoms with E-state index in [1.807, 2.05) is 58.1 Å². The third-order valence-electron chi connectivity index (χ3n) is 14.5. The first-order valence-corrected chi connectivity index (χ1v) is 23.9. The number of carbonyl (C=O) groups excluding carboxylic acids is 5. The van der Waals surface area contributed by atoms with Crippen molar-refractivity contribution < 1.29 is 63.0 Å². The summed E-state index contributed by atoms with van der Waals surface area (Å²) in [5.41, 5.74) is 1.27. The van der Waals surface area contributed by atoms with Crippen molar-refractivity contribution in [3.63, 3.8) is 0 Å². The van der Waals surface area contributed by atoms with Crippen molar-refractivity contribution in [2.75, 3.05) is 27.9 Å². The number of hydrogen-bond acceptors (Lipinski definition) is 13. The summed E-state index contributed by atoms with van der Waals surface area (Å²) >= 11 is 0. The summed E-state index contributed by atoms with van der Waals surface area (Å²) < 4.78 is 29.4. The Bertz CT molecular complexity index is 1760. The van der Waals surface area contributed by atoms with Gasteiger partial charge in [-0.15, -0.1) is 0 Å². The van der Waals surface area contributed by atoms with Gasteiger partial charge < -0.3 is 43.9 Å². The second kappa shape index (κ2) is 25.1. The number of esters is 1. The second-order valence-corrected chi connectivity index (χ2v) is 19.6. The van der Waals surface area contributed by atoms with E-state index in [4.69, 9.17) is 23.7 Å². The minimum atomic E-state index is -2.43. The lowest BCUT2D eigenvalue weighted by molar-refractivity contribution is -0.265. The smallest absolute Gasteiger partial charge is 0.329 e. The number of piperidine rings is 1. The summed E-state index contributed by atoms with van der Waals surface area (Å²) in [7, 11) is 4.52. The van der Waals surface area contributed by atoms with Crippen molar-refractivity contribution in [1.82, 2.24) is 4.90 Å². The van der Waals surface area contributed by atoms with Crippen molar-refractivity contribution >= 4 is 29.2 Å². The number of fused-ring (bicyclic) bond motifs is 3. The molecular formula is C51H79NO13. The van der Waals surface area contributed by atoms with Gasteiger partial charge in [0.05, 0.1) is 24.4 Å². The van der Waals surface area contributed by atoms with Crippen LogP contribution in [0.2, 0.25) is 0 Å². The van der Waals surface area contributed by atoms with Gasteiger partial charge in [-0.05, 0) is 107 Å². The third kappa shape index (κ3) is 14.3. The fraction of sp³-hybridized carbons (Fsp3) is 0.745. The summed E-state index contributed by atoms with van der Waals surface area (Å²) in [4.78, 5) is 71.8. The van der Waals surface area contributed by atoms with Gasteiger partial charge in [0.15, 0.2) is 5.78 Å². The van der Waals surface area contributed by atoms with E-state index in [1.165, 1.54) is 12.0 Å². The molecule has 14 heteroatoms. The van der Waals surface area contributed by atoms with Crippen LogP contribution in [-0.4, -0.2) is 132 Å². The number of hydrogen-bond donors (Lipinski definition) is 3. The Morgan fingerprint density at radius 1 is 0.846 bits per heavy atom. The molecule has 1 aliphatic carbocycles. The monoisotopic (exact) mass is 914 g/mol. The van der Waals surface area contributed by atoms with Crippen LogP contribution >= 0.6 is 0 Å². The van der Waals surface area contributed by atoms with Crippen LogP contribution < -0.4 is 0 Å². The number of carbonyl (C=O) groups is 5. The normalized spacial score (nSPS) is 40.4. The SMILES string of the molecule is CO[C@H]1CC2CC[C@@H](C)[C@@](O)(O2)C(=O)C(=O)N2CCCC[C@H]2C(=O)O[C@H]([C@H](C)C[C@@H]2CC[C@@H](O)[C@H](OC)C2)CC(=O)[C@H](C)/C=C(\C)[C@@H](O)[C@@H](OC)C(=O)[C@H](C)C[C@H](C)/C=C/C=C/C=C/1C. The minimum Gasteiger partial charge on any atom is -0.460 e. The summed E-state index contributed by atoms with van der Waals surface area (Å²) in [6.07, 6.45) is 11.2. The highest BCUT2D eigenvalue weighted by molar-refractivity contribution is 6.39. The molecule has 366 valence electrons. The van der Waals surface area contributed by atoms with E-state index >= 15 is 0 Å². The molecule has 2 saturated heterocycles. The molecule has 15 atom stereocenters. The molecule has 1 saturated carbocycles. The predicted molar refractivity (Wildman–Crippen MR) is 245 cm³/mol. The molecule has 0 aromatic heterocycles. The van der Waals surface area contributed by atoms with E-state index in [-0.39, 0.29) is 54.8 Å². The van der Waals surface area contributed by atoms with Crippen molar-refractivity contribution in [2.24, 2.45) is 35.5 Å². The molecule has 3 aliphatic heterocycles. The van der Waals surface area contributed by atoms with Crippen LogP contribution in [0.4, 0.5) is 0 Å². The molecule has 4 rings (SSSR count). The molecular weight excluding hydrogens is 835 g/mol. The Hall–Kier alpha value is -3.37. The number of methoxy groups -OCH3 is 3. The number of ether oxygens (including phenoxy) is 5. The Labute approximate surface area is 387 Å². The first-order valence-electron chi connectivity index (χ1n) is 23.9. The number of allylic oxidation sites excluding steroid dienone is 6. The van der Waals surface area contributed by atoms with E-state index < -0.39 is 83.9 Å². The van der Waals surface area contributed by atoms with E-state index in [0.717, 1.165) is 12.0 Å². The molecule has 1 amide bonds. The second-order valence-electron chi connectivity index (χ2n) is 19.6. The van der Waals surface area contributed by atoms with Crippen LogP contribution in [0.5, 0.6) is 0 Å². The van der Waals surface area contributed by atoms with Crippen LogP contribution in [-0.2, 0) is 47.7 Å². The van der Waals surface area contributed by atoms with Gasteiger partial charge in [-0.3, -0.25) is 19.2 Å². The highest BCUT2D eigenvalue weighted by atomic mass is 16.6. The lowest BCUT2D eigenvalue weighted by atomic mass is 9.78. The van der Waals surface area contributed by atoms with Crippen LogP contribution in [0, 0.1) is 35.5 Å². The molecule has 3 heterocycles. The van der Waals surface area contributed by atoms with Crippen LogP contribution in [0.15, 0.2) is 47.6 Å². The van der Waals surface area contributed by atoms with Gasteiger partial charge in [0.1, 0.15) is 30.1 Å². The van der Waals surface area contributed by atoms with Gasteiger partial charge in [-0.1, -0.05) is 71.1 Å². The van der Waals surface area contributed by atoms with Crippen LogP contribution in [0.25, 0.3) is 0 Å². The zero-order valence-corrected chi connectivity index (χ0v) is 40.6. The number of cyclic esters (lactones) is 1. The van der Waals surface area contributed by atoms with Crippen LogP contribution in [0.1, 0.15) is 126 Å². The maximum absolute atomic E-state index is 14.4. The Kier molecular flexibility index (Phi) is 21.0. The standard InChI is InChI=1S/C51H79NO13/c1-30-16-12-11-13-17-31(2)42(61-8)28-38-21-19-36(7)51(60,65-38)48(57)49(58)52-23-15-14-18-39(52)50(59)64-43(33(4)26-37-20-22-40(53)44(27-37)62-9)29-41(54)32(3)25-35(6)46(56)47(63-10)45(55)34(5)24-30/h11-13,16-17,25,30,32-34,36-40,42-44,46-47,53,56,60H,14-15,18-24,26-29H2,1-10H3/b13-11+,16-12+,31-17+,35-25+/t30-,32-,33-,34-,36-,37+,38?,39+,40-,42+,43+,44-,46-,47+,51-/m1/s1. The Morgan fingerprint density at radius 3 is 2.25 bits per heavy atom. The zero-order valence-electron chi connectivity index (χ0n) is 40.6. The molecule has 4 aliphatic rings. The van der Waals surface area contributed by atoms with E-state index in [1.54, 1.807) is 41.1 Å². The molecule has 14 nitrogen and oxygen atoms in total. The molecule has 3 N–H and O–H groups in total. The first kappa shape index (κ1) is 54.2. The van der Waals surface area contributed by atoms with Crippen molar-refractivity contribution in [3.05, 3.63) is 47.6 Å². The van der Waals surface area contributed by atoms with Gasteiger partial charge in [0.2, 0.25) is 5.79 Å². The van der Waals surface area contributed by atoms with Gasteiger partial charge in [-0.2, -0.15) is 0 Å². The lowest BCUT2D eigenvalue weighted by Gasteiger charge is -2.42. The molecule has 0 radical (unpaired) electrons. The summed E-state index contributed by atoms with van der Waals surface area (Å²) in [5.74, 6) is -7.96. The highest BCUT2D eigenvalue weighted by Crippen LogP contribution is 2.38. The molecule has 0 spiro atoms. The maximum Gasteiger partial charge on any atom is 0.329 e. The lowest BCUT2D eigenvalue weighted by Crippen LogP contribution is -2.61. The number of ketones is 3. The molecule has 2 bridgehead atoms. The van der Waals surface area contributed by atoms with E-state index in [0.29, 0.717) is 63.4 Å². The number of amides is 1. The van der Waals surface area contributed by atoms with Crippen LogP contribution in [0.3, 0.4) is 0 Å². The topological polar surface area (TPSA) is 195 Å². The molecule has 0 aromatic carbocycles.